The van der Waals surface area contributed by atoms with E-state index in [1.165, 1.54) is 23.5 Å². The Bertz CT molecular complexity index is 1050. The molecule has 1 aliphatic rings. The molecule has 2 amide bonds. The van der Waals surface area contributed by atoms with Gasteiger partial charge in [0, 0.05) is 21.7 Å². The van der Waals surface area contributed by atoms with Gasteiger partial charge in [0.2, 0.25) is 0 Å². The standard InChI is InChI=1S/C19H13FN2O3S/c20-14-6-5-11(8-13(14)18(21)23)22-19(24)16-7-10-9-25-15-4-2-1-3-12(15)17(10)26-16/h1-8H,9H2,(H2,21,23)(H,22,24). The topological polar surface area (TPSA) is 81.4 Å². The highest BCUT2D eigenvalue weighted by Crippen LogP contribution is 2.42. The first-order valence-corrected chi connectivity index (χ1v) is 8.60. The van der Waals surface area contributed by atoms with Crippen LogP contribution in [0.2, 0.25) is 0 Å². The molecule has 0 atom stereocenters. The summed E-state index contributed by atoms with van der Waals surface area (Å²) in [6.07, 6.45) is 0. The monoisotopic (exact) mass is 368 g/mol. The van der Waals surface area contributed by atoms with Crippen LogP contribution >= 0.6 is 11.3 Å². The number of hydrogen-bond acceptors (Lipinski definition) is 4. The second-order valence-electron chi connectivity index (χ2n) is 5.76. The van der Waals surface area contributed by atoms with Crippen LogP contribution in [0.1, 0.15) is 25.6 Å². The Kier molecular flexibility index (Phi) is 3.93. The van der Waals surface area contributed by atoms with Crippen molar-refractivity contribution in [3.05, 3.63) is 70.4 Å². The van der Waals surface area contributed by atoms with Crippen LogP contribution in [-0.4, -0.2) is 11.8 Å². The third-order valence-electron chi connectivity index (χ3n) is 4.04. The van der Waals surface area contributed by atoms with Crippen molar-refractivity contribution in [2.75, 3.05) is 5.32 Å². The summed E-state index contributed by atoms with van der Waals surface area (Å²) in [6, 6.07) is 13.1. The van der Waals surface area contributed by atoms with Gasteiger partial charge in [-0.05, 0) is 36.4 Å². The van der Waals surface area contributed by atoms with E-state index < -0.39 is 11.7 Å². The summed E-state index contributed by atoms with van der Waals surface area (Å²) in [5.74, 6) is -1.17. The second kappa shape index (κ2) is 6.27. The third kappa shape index (κ3) is 2.82. The van der Waals surface area contributed by atoms with Gasteiger partial charge in [-0.15, -0.1) is 11.3 Å². The SMILES string of the molecule is NC(=O)c1cc(NC(=O)c2cc3c(s2)-c2ccccc2OC3)ccc1F. The van der Waals surface area contributed by atoms with Gasteiger partial charge in [-0.1, -0.05) is 12.1 Å². The lowest BCUT2D eigenvalue weighted by Crippen LogP contribution is -2.15. The van der Waals surface area contributed by atoms with E-state index in [1.54, 1.807) is 6.07 Å². The summed E-state index contributed by atoms with van der Waals surface area (Å²) in [6.45, 7) is 0.401. The van der Waals surface area contributed by atoms with Gasteiger partial charge >= 0.3 is 0 Å². The van der Waals surface area contributed by atoms with E-state index in [4.69, 9.17) is 10.5 Å². The molecular weight excluding hydrogens is 355 g/mol. The zero-order chi connectivity index (χ0) is 18.3. The molecular formula is C19H13FN2O3S. The molecule has 0 aliphatic carbocycles. The lowest BCUT2D eigenvalue weighted by Gasteiger charge is -2.16. The fourth-order valence-electron chi connectivity index (χ4n) is 2.80. The van der Waals surface area contributed by atoms with Crippen LogP contribution < -0.4 is 15.8 Å². The molecule has 0 saturated heterocycles. The van der Waals surface area contributed by atoms with Crippen molar-refractivity contribution in [3.63, 3.8) is 0 Å². The number of fused-ring (bicyclic) bond motifs is 3. The van der Waals surface area contributed by atoms with E-state index in [1.807, 2.05) is 24.3 Å². The summed E-state index contributed by atoms with van der Waals surface area (Å²) in [5, 5.41) is 2.67. The Morgan fingerprint density at radius 1 is 1.15 bits per heavy atom. The van der Waals surface area contributed by atoms with Crippen molar-refractivity contribution >= 4 is 28.8 Å². The molecule has 5 nitrogen and oxygen atoms in total. The van der Waals surface area contributed by atoms with E-state index in [2.05, 4.69) is 5.32 Å². The predicted molar refractivity (Wildman–Crippen MR) is 97.0 cm³/mol. The van der Waals surface area contributed by atoms with Crippen LogP contribution in [0.5, 0.6) is 5.75 Å². The summed E-state index contributed by atoms with van der Waals surface area (Å²) in [5.41, 5.74) is 7.06. The van der Waals surface area contributed by atoms with Gasteiger partial charge in [0.1, 0.15) is 18.2 Å². The molecule has 26 heavy (non-hydrogen) atoms. The van der Waals surface area contributed by atoms with Gasteiger partial charge in [0.25, 0.3) is 11.8 Å². The first-order valence-electron chi connectivity index (χ1n) is 7.78. The minimum absolute atomic E-state index is 0.268. The number of para-hydroxylation sites is 1. The smallest absolute Gasteiger partial charge is 0.265 e. The summed E-state index contributed by atoms with van der Waals surface area (Å²) < 4.78 is 19.2. The maximum absolute atomic E-state index is 13.6. The molecule has 1 aliphatic heterocycles. The average molecular weight is 368 g/mol. The molecule has 2 heterocycles. The van der Waals surface area contributed by atoms with Crippen molar-refractivity contribution in [1.29, 1.82) is 0 Å². The molecule has 130 valence electrons. The van der Waals surface area contributed by atoms with Crippen molar-refractivity contribution in [1.82, 2.24) is 0 Å². The Hall–Kier alpha value is -3.19. The number of rotatable bonds is 3. The molecule has 0 radical (unpaired) electrons. The quantitative estimate of drug-likeness (QED) is 0.738. The van der Waals surface area contributed by atoms with E-state index in [0.717, 1.165) is 27.8 Å². The van der Waals surface area contributed by atoms with Gasteiger partial charge in [-0.3, -0.25) is 9.59 Å². The molecule has 0 spiro atoms. The number of hydrogen-bond donors (Lipinski definition) is 2. The number of thiophene rings is 1. The number of amides is 2. The molecule has 3 N–H and O–H groups in total. The fraction of sp³-hybridized carbons (Fsp3) is 0.0526. The second-order valence-corrected chi connectivity index (χ2v) is 6.82. The molecule has 0 unspecified atom stereocenters. The molecule has 0 fully saturated rings. The predicted octanol–water partition coefficient (Wildman–Crippen LogP) is 3.80. The Balaban J connectivity index is 1.62. The van der Waals surface area contributed by atoms with Gasteiger partial charge in [-0.2, -0.15) is 0 Å². The van der Waals surface area contributed by atoms with Crippen LogP contribution in [0.3, 0.4) is 0 Å². The Labute approximate surface area is 152 Å². The highest BCUT2D eigenvalue weighted by Gasteiger charge is 2.22. The zero-order valence-electron chi connectivity index (χ0n) is 13.4. The summed E-state index contributed by atoms with van der Waals surface area (Å²) >= 11 is 1.36. The minimum Gasteiger partial charge on any atom is -0.488 e. The van der Waals surface area contributed by atoms with Crippen molar-refractivity contribution in [2.45, 2.75) is 6.61 Å². The van der Waals surface area contributed by atoms with Crippen LogP contribution in [0.15, 0.2) is 48.5 Å². The van der Waals surface area contributed by atoms with Crippen molar-refractivity contribution < 1.29 is 18.7 Å². The number of benzene rings is 2. The third-order valence-corrected chi connectivity index (χ3v) is 5.25. The van der Waals surface area contributed by atoms with E-state index >= 15 is 0 Å². The first kappa shape index (κ1) is 16.3. The summed E-state index contributed by atoms with van der Waals surface area (Å²) in [7, 11) is 0. The number of primary amides is 1. The minimum atomic E-state index is -0.890. The van der Waals surface area contributed by atoms with Crippen LogP contribution in [0.25, 0.3) is 10.4 Å². The van der Waals surface area contributed by atoms with Gasteiger partial charge in [0.15, 0.2) is 0 Å². The lowest BCUT2D eigenvalue weighted by atomic mass is 10.1. The number of ether oxygens (including phenoxy) is 1. The maximum Gasteiger partial charge on any atom is 0.265 e. The zero-order valence-corrected chi connectivity index (χ0v) is 14.2. The molecule has 4 rings (SSSR count). The maximum atomic E-state index is 13.6. The van der Waals surface area contributed by atoms with E-state index in [0.29, 0.717) is 17.2 Å². The molecule has 2 aromatic carbocycles. The first-order chi connectivity index (χ1) is 12.5. The van der Waals surface area contributed by atoms with E-state index in [9.17, 15) is 14.0 Å². The van der Waals surface area contributed by atoms with E-state index in [-0.39, 0.29) is 11.5 Å². The summed E-state index contributed by atoms with van der Waals surface area (Å²) in [4.78, 5) is 25.3. The molecule has 3 aromatic rings. The van der Waals surface area contributed by atoms with Crippen LogP contribution in [-0.2, 0) is 6.61 Å². The normalized spacial score (nSPS) is 11.9. The van der Waals surface area contributed by atoms with Gasteiger partial charge in [-0.25, -0.2) is 4.39 Å². The van der Waals surface area contributed by atoms with Crippen molar-refractivity contribution in [3.8, 4) is 16.2 Å². The number of nitrogens with two attached hydrogens (primary N) is 1. The average Bonchev–Trinajstić information content (AvgIpc) is 3.08. The number of anilines is 1. The Morgan fingerprint density at radius 3 is 2.77 bits per heavy atom. The number of halogens is 1. The Morgan fingerprint density at radius 2 is 1.96 bits per heavy atom. The number of carbonyl (C=O) groups is 2. The number of carbonyl (C=O) groups excluding carboxylic acids is 2. The molecule has 1 aromatic heterocycles. The number of nitrogens with one attached hydrogen (secondary N) is 1. The van der Waals surface area contributed by atoms with Crippen molar-refractivity contribution in [2.24, 2.45) is 5.73 Å². The van der Waals surface area contributed by atoms with Gasteiger partial charge in [0.05, 0.1) is 10.4 Å². The van der Waals surface area contributed by atoms with Crippen LogP contribution in [0.4, 0.5) is 10.1 Å². The van der Waals surface area contributed by atoms with Gasteiger partial charge < -0.3 is 15.8 Å². The lowest BCUT2D eigenvalue weighted by molar-refractivity contribution is 0.0993. The molecule has 0 bridgehead atoms. The fourth-order valence-corrected chi connectivity index (χ4v) is 3.89. The highest BCUT2D eigenvalue weighted by molar-refractivity contribution is 7.17. The molecule has 7 heteroatoms. The highest BCUT2D eigenvalue weighted by atomic mass is 32.1. The largest absolute Gasteiger partial charge is 0.488 e. The van der Waals surface area contributed by atoms with Crippen LogP contribution in [0, 0.1) is 5.82 Å². The molecule has 0 saturated carbocycles.